The number of halogens is 4. The third-order valence-electron chi connectivity index (χ3n) is 2.24. The van der Waals surface area contributed by atoms with Crippen molar-refractivity contribution in [2.45, 2.75) is 29.1 Å². The Morgan fingerprint density at radius 2 is 2.07 bits per heavy atom. The van der Waals surface area contributed by atoms with E-state index in [0.29, 0.717) is 12.3 Å². The molecule has 1 rings (SSSR count). The van der Waals surface area contributed by atoms with Crippen molar-refractivity contribution in [3.05, 3.63) is 11.6 Å². The molecule has 0 radical (unpaired) electrons. The molecule has 1 aliphatic rings. The van der Waals surface area contributed by atoms with Crippen LogP contribution in [0.2, 0.25) is 0 Å². The van der Waals surface area contributed by atoms with E-state index in [0.717, 1.165) is 12.8 Å². The van der Waals surface area contributed by atoms with Crippen molar-refractivity contribution in [2.75, 3.05) is 0 Å². The largest absolute Gasteiger partial charge is 0.349 e. The van der Waals surface area contributed by atoms with E-state index in [1.807, 2.05) is 0 Å². The average molecular weight is 291 g/mol. The topological polar surface area (TPSA) is 29.1 Å². The van der Waals surface area contributed by atoms with Gasteiger partial charge in [0, 0.05) is 11.6 Å². The van der Waals surface area contributed by atoms with Crippen molar-refractivity contribution < 1.29 is 4.79 Å². The molecule has 0 aliphatic heterocycles. The SMILES string of the molecule is O=C(NC(C/C=C/Cl)C1CC1)C(Cl)(Cl)Cl. The van der Waals surface area contributed by atoms with Gasteiger partial charge in [0.05, 0.1) is 0 Å². The van der Waals surface area contributed by atoms with Gasteiger partial charge >= 0.3 is 0 Å². The number of hydrogen-bond donors (Lipinski definition) is 1. The Morgan fingerprint density at radius 3 is 2.47 bits per heavy atom. The Labute approximate surface area is 109 Å². The monoisotopic (exact) mass is 289 g/mol. The molecular formula is C9H11Cl4NO. The summed E-state index contributed by atoms with van der Waals surface area (Å²) < 4.78 is -1.89. The Balaban J connectivity index is 2.47. The first kappa shape index (κ1) is 13.4. The molecule has 1 fully saturated rings. The first-order valence-corrected chi connectivity index (χ1v) is 6.15. The Hall–Kier alpha value is 0.370. The van der Waals surface area contributed by atoms with Gasteiger partial charge in [-0.05, 0) is 25.2 Å². The number of alkyl halides is 3. The van der Waals surface area contributed by atoms with Gasteiger partial charge in [-0.25, -0.2) is 0 Å². The average Bonchev–Trinajstić information content (AvgIpc) is 2.93. The summed E-state index contributed by atoms with van der Waals surface area (Å²) in [4.78, 5) is 11.4. The van der Waals surface area contributed by atoms with Crippen LogP contribution in [0.15, 0.2) is 11.6 Å². The molecular weight excluding hydrogens is 280 g/mol. The first-order valence-electron chi connectivity index (χ1n) is 4.58. The lowest BCUT2D eigenvalue weighted by atomic mass is 10.1. The minimum absolute atomic E-state index is 0.0168. The third kappa shape index (κ3) is 4.81. The molecule has 86 valence electrons. The Kier molecular flexibility index (Phi) is 5.04. The van der Waals surface area contributed by atoms with Crippen LogP contribution in [-0.2, 0) is 4.79 Å². The molecule has 1 saturated carbocycles. The molecule has 2 nitrogen and oxygen atoms in total. The van der Waals surface area contributed by atoms with Crippen molar-refractivity contribution in [3.8, 4) is 0 Å². The molecule has 1 unspecified atom stereocenters. The molecule has 0 aromatic rings. The predicted molar refractivity (Wildman–Crippen MR) is 64.6 cm³/mol. The summed E-state index contributed by atoms with van der Waals surface area (Å²) in [6.45, 7) is 0. The fourth-order valence-corrected chi connectivity index (χ4v) is 1.58. The van der Waals surface area contributed by atoms with E-state index >= 15 is 0 Å². The number of rotatable bonds is 4. The van der Waals surface area contributed by atoms with E-state index in [2.05, 4.69) is 5.32 Å². The molecule has 0 aromatic carbocycles. The van der Waals surface area contributed by atoms with Gasteiger partial charge in [0.2, 0.25) is 0 Å². The summed E-state index contributed by atoms with van der Waals surface area (Å²) in [5.41, 5.74) is 1.43. The maximum absolute atomic E-state index is 11.4. The summed E-state index contributed by atoms with van der Waals surface area (Å²) in [5, 5.41) is 2.71. The smallest absolute Gasteiger partial charge is 0.272 e. The zero-order chi connectivity index (χ0) is 11.5. The second-order valence-corrected chi connectivity index (χ2v) is 6.05. The summed E-state index contributed by atoms with van der Waals surface area (Å²) in [6.07, 6.45) is 4.64. The van der Waals surface area contributed by atoms with Crippen LogP contribution in [0.4, 0.5) is 0 Å². The zero-order valence-corrected chi connectivity index (χ0v) is 10.9. The molecule has 0 spiro atoms. The highest BCUT2D eigenvalue weighted by Crippen LogP contribution is 2.35. The standard InChI is InChI=1S/C9H11Cl4NO/c10-5-1-2-7(6-3-4-6)14-8(15)9(11,12)13/h1,5-7H,2-4H2,(H,14,15)/b5-1+. The van der Waals surface area contributed by atoms with Gasteiger partial charge in [-0.15, -0.1) is 0 Å². The van der Waals surface area contributed by atoms with E-state index < -0.39 is 9.70 Å². The molecule has 1 atom stereocenters. The van der Waals surface area contributed by atoms with E-state index in [1.165, 1.54) is 5.54 Å². The van der Waals surface area contributed by atoms with Crippen molar-refractivity contribution in [3.63, 3.8) is 0 Å². The minimum Gasteiger partial charge on any atom is -0.349 e. The van der Waals surface area contributed by atoms with Crippen molar-refractivity contribution in [1.29, 1.82) is 0 Å². The molecule has 6 heteroatoms. The van der Waals surface area contributed by atoms with Crippen LogP contribution < -0.4 is 5.32 Å². The highest BCUT2D eigenvalue weighted by molar-refractivity contribution is 6.76. The fraction of sp³-hybridized carbons (Fsp3) is 0.667. The van der Waals surface area contributed by atoms with Crippen LogP contribution in [0.3, 0.4) is 0 Å². The lowest BCUT2D eigenvalue weighted by Gasteiger charge is -2.19. The summed E-state index contributed by atoms with van der Waals surface area (Å²) in [6, 6.07) is 0.0168. The van der Waals surface area contributed by atoms with Crippen LogP contribution >= 0.6 is 46.4 Å². The lowest BCUT2D eigenvalue weighted by Crippen LogP contribution is -2.42. The fourth-order valence-electron chi connectivity index (χ4n) is 1.32. The Bertz CT molecular complexity index is 257. The van der Waals surface area contributed by atoms with Gasteiger partial charge in [-0.1, -0.05) is 52.5 Å². The van der Waals surface area contributed by atoms with Crippen molar-refractivity contribution in [2.24, 2.45) is 5.92 Å². The number of amides is 1. The maximum Gasteiger partial charge on any atom is 0.272 e. The molecule has 1 amide bonds. The molecule has 0 bridgehead atoms. The van der Waals surface area contributed by atoms with E-state index in [-0.39, 0.29) is 6.04 Å². The lowest BCUT2D eigenvalue weighted by molar-refractivity contribution is -0.121. The zero-order valence-electron chi connectivity index (χ0n) is 7.85. The van der Waals surface area contributed by atoms with E-state index in [4.69, 9.17) is 46.4 Å². The third-order valence-corrected chi connectivity index (χ3v) is 2.94. The number of nitrogens with one attached hydrogen (secondary N) is 1. The molecule has 0 heterocycles. The van der Waals surface area contributed by atoms with Gasteiger partial charge in [0.25, 0.3) is 9.70 Å². The summed E-state index contributed by atoms with van der Waals surface area (Å²) >= 11 is 21.8. The van der Waals surface area contributed by atoms with Crippen LogP contribution in [0.5, 0.6) is 0 Å². The van der Waals surface area contributed by atoms with Gasteiger partial charge in [0.1, 0.15) is 0 Å². The molecule has 15 heavy (non-hydrogen) atoms. The second kappa shape index (κ2) is 5.62. The normalized spacial score (nSPS) is 19.2. The van der Waals surface area contributed by atoms with Crippen LogP contribution in [0, 0.1) is 5.92 Å². The van der Waals surface area contributed by atoms with Crippen LogP contribution in [0.25, 0.3) is 0 Å². The van der Waals surface area contributed by atoms with E-state index in [1.54, 1.807) is 6.08 Å². The van der Waals surface area contributed by atoms with Gasteiger partial charge < -0.3 is 5.32 Å². The molecule has 0 saturated heterocycles. The molecule has 1 aliphatic carbocycles. The number of carbonyl (C=O) groups is 1. The summed E-state index contributed by atoms with van der Waals surface area (Å²) in [5.74, 6) is -0.0958. The van der Waals surface area contributed by atoms with Crippen LogP contribution in [0.1, 0.15) is 19.3 Å². The molecule has 1 N–H and O–H groups in total. The van der Waals surface area contributed by atoms with E-state index in [9.17, 15) is 4.79 Å². The summed E-state index contributed by atoms with van der Waals surface area (Å²) in [7, 11) is 0. The molecule has 0 aromatic heterocycles. The first-order chi connectivity index (χ1) is 6.95. The van der Waals surface area contributed by atoms with Crippen molar-refractivity contribution >= 4 is 52.3 Å². The second-order valence-electron chi connectivity index (χ2n) is 3.51. The quantitative estimate of drug-likeness (QED) is 0.790. The Morgan fingerprint density at radius 1 is 1.47 bits per heavy atom. The number of hydrogen-bond acceptors (Lipinski definition) is 1. The number of carbonyl (C=O) groups excluding carboxylic acids is 1. The van der Waals surface area contributed by atoms with Crippen LogP contribution in [-0.4, -0.2) is 15.7 Å². The maximum atomic E-state index is 11.4. The van der Waals surface area contributed by atoms with Gasteiger partial charge in [-0.3, -0.25) is 4.79 Å². The highest BCUT2D eigenvalue weighted by Gasteiger charge is 2.37. The minimum atomic E-state index is -1.89. The van der Waals surface area contributed by atoms with Gasteiger partial charge in [-0.2, -0.15) is 0 Å². The predicted octanol–water partition coefficient (Wildman–Crippen LogP) is 3.39. The van der Waals surface area contributed by atoms with Gasteiger partial charge in [0.15, 0.2) is 0 Å². The van der Waals surface area contributed by atoms with Crippen molar-refractivity contribution in [1.82, 2.24) is 5.32 Å². The highest BCUT2D eigenvalue weighted by atomic mass is 35.6.